The maximum absolute atomic E-state index is 13.2. The zero-order chi connectivity index (χ0) is 28.0. The van der Waals surface area contributed by atoms with E-state index in [0.29, 0.717) is 38.0 Å². The molecule has 1 N–H and O–H groups in total. The topological polar surface area (TPSA) is 104 Å². The van der Waals surface area contributed by atoms with E-state index in [0.717, 1.165) is 18.4 Å². The summed E-state index contributed by atoms with van der Waals surface area (Å²) >= 11 is 0. The monoisotopic (exact) mass is 524 g/mol. The van der Waals surface area contributed by atoms with Crippen molar-refractivity contribution >= 4 is 29.3 Å². The maximum Gasteiger partial charge on any atom is 0.338 e. The van der Waals surface area contributed by atoms with Gasteiger partial charge in [0.25, 0.3) is 0 Å². The molecule has 2 amide bonds. The molecule has 3 atom stereocenters. The summed E-state index contributed by atoms with van der Waals surface area (Å²) < 4.78 is 5.49. The third-order valence-electron chi connectivity index (χ3n) is 8.52. The van der Waals surface area contributed by atoms with Crippen LogP contribution >= 0.6 is 0 Å². The molecule has 2 saturated heterocycles. The number of ether oxygens (including phenoxy) is 1. The minimum atomic E-state index is -1.06. The number of carboxylic acids is 1. The van der Waals surface area contributed by atoms with Crippen LogP contribution in [0.25, 0.3) is 5.57 Å². The molecule has 0 radical (unpaired) electrons. The first-order valence-corrected chi connectivity index (χ1v) is 13.5. The van der Waals surface area contributed by atoms with Gasteiger partial charge in [-0.1, -0.05) is 39.0 Å². The molecule has 1 aromatic carbocycles. The molecule has 4 rings (SSSR count). The minimum Gasteiger partial charge on any atom is -0.480 e. The van der Waals surface area contributed by atoms with E-state index in [1.165, 1.54) is 10.5 Å². The number of esters is 1. The highest BCUT2D eigenvalue weighted by Crippen LogP contribution is 2.57. The lowest BCUT2D eigenvalue weighted by molar-refractivity contribution is -0.159. The second-order valence-corrected chi connectivity index (χ2v) is 12.8. The number of carbonyl (C=O) groups is 4. The molecule has 8 heteroatoms. The van der Waals surface area contributed by atoms with Gasteiger partial charge in [0.2, 0.25) is 0 Å². The number of benzene rings is 1. The molecule has 1 aromatic rings. The van der Waals surface area contributed by atoms with Crippen LogP contribution in [0.4, 0.5) is 0 Å². The van der Waals surface area contributed by atoms with Crippen molar-refractivity contribution in [2.24, 2.45) is 16.7 Å². The van der Waals surface area contributed by atoms with E-state index >= 15 is 0 Å². The Hall–Kier alpha value is -3.16. The van der Waals surface area contributed by atoms with Crippen molar-refractivity contribution in [3.8, 4) is 0 Å². The molecule has 0 bridgehead atoms. The summed E-state index contributed by atoms with van der Waals surface area (Å²) in [6.45, 7) is 13.4. The number of rotatable bonds is 3. The highest BCUT2D eigenvalue weighted by atomic mass is 16.6. The number of aliphatic carboxylic acids is 1. The van der Waals surface area contributed by atoms with E-state index in [1.807, 2.05) is 45.0 Å². The number of carbonyl (C=O) groups excluding carboxylic acids is 3. The first-order chi connectivity index (χ1) is 17.6. The van der Waals surface area contributed by atoms with Gasteiger partial charge in [-0.15, -0.1) is 0 Å². The molecule has 206 valence electrons. The Bertz CT molecular complexity index is 1160. The molecule has 0 unspecified atom stereocenters. The fourth-order valence-electron chi connectivity index (χ4n) is 6.79. The molecule has 1 aliphatic carbocycles. The Morgan fingerprint density at radius 3 is 2.24 bits per heavy atom. The first-order valence-electron chi connectivity index (χ1n) is 13.5. The van der Waals surface area contributed by atoms with Gasteiger partial charge in [-0.2, -0.15) is 0 Å². The van der Waals surface area contributed by atoms with Crippen molar-refractivity contribution in [3.05, 3.63) is 41.5 Å². The molecule has 2 heterocycles. The van der Waals surface area contributed by atoms with Gasteiger partial charge in [-0.05, 0) is 86.5 Å². The fourth-order valence-corrected chi connectivity index (χ4v) is 6.79. The summed E-state index contributed by atoms with van der Waals surface area (Å²) in [5, 5.41) is 9.44. The van der Waals surface area contributed by atoms with Gasteiger partial charge < -0.3 is 19.6 Å². The zero-order valence-electron chi connectivity index (χ0n) is 23.4. The second-order valence-electron chi connectivity index (χ2n) is 12.8. The molecule has 2 aliphatic heterocycles. The Morgan fingerprint density at radius 2 is 1.63 bits per heavy atom. The highest BCUT2D eigenvalue weighted by Gasteiger charge is 2.52. The van der Waals surface area contributed by atoms with E-state index in [4.69, 9.17) is 4.74 Å². The molecule has 0 aromatic heterocycles. The van der Waals surface area contributed by atoms with Gasteiger partial charge >= 0.3 is 23.8 Å². The lowest BCUT2D eigenvalue weighted by atomic mass is 9.53. The van der Waals surface area contributed by atoms with Crippen LogP contribution in [-0.4, -0.2) is 69.9 Å². The molecule has 0 spiro atoms. The number of piperidine rings is 1. The van der Waals surface area contributed by atoms with Crippen molar-refractivity contribution in [3.63, 3.8) is 0 Å². The van der Waals surface area contributed by atoms with Gasteiger partial charge in [-0.3, -0.25) is 9.59 Å². The number of amides is 2. The number of likely N-dealkylation sites (tertiary alicyclic amines) is 2. The summed E-state index contributed by atoms with van der Waals surface area (Å²) in [6, 6.07) is 6.65. The van der Waals surface area contributed by atoms with Crippen LogP contribution in [0.3, 0.4) is 0 Å². The molecular formula is C30H40N2O6. The maximum atomic E-state index is 13.2. The van der Waals surface area contributed by atoms with Crippen LogP contribution in [0.5, 0.6) is 0 Å². The summed E-state index contributed by atoms with van der Waals surface area (Å²) in [7, 11) is 0. The summed E-state index contributed by atoms with van der Waals surface area (Å²) in [4.78, 5) is 53.0. The number of allylic oxidation sites excluding steroid dienone is 2. The predicted octanol–water partition coefficient (Wildman–Crippen LogP) is 4.39. The van der Waals surface area contributed by atoms with Gasteiger partial charge in [0.15, 0.2) is 0 Å². The minimum absolute atomic E-state index is 0.192. The van der Waals surface area contributed by atoms with E-state index in [1.54, 1.807) is 4.90 Å². The largest absolute Gasteiger partial charge is 0.480 e. The average molecular weight is 525 g/mol. The Balaban J connectivity index is 1.50. The highest BCUT2D eigenvalue weighted by molar-refractivity contribution is 6.35. The SMILES string of the molecule is CC(C)(C)OC(=O)c1ccc(C2=CC[C@]3(C)CN(C(=O)C(=O)N4CCC[C@H]4C(=O)O)CC[C@H]3C2(C)C)cc1. The van der Waals surface area contributed by atoms with E-state index in [2.05, 4.69) is 26.8 Å². The van der Waals surface area contributed by atoms with Gasteiger partial charge in [-0.25, -0.2) is 9.59 Å². The summed E-state index contributed by atoms with van der Waals surface area (Å²) in [6.07, 6.45) is 4.71. The summed E-state index contributed by atoms with van der Waals surface area (Å²) in [5.74, 6) is -2.42. The average Bonchev–Trinajstić information content (AvgIpc) is 3.32. The van der Waals surface area contributed by atoms with Gasteiger partial charge in [0.1, 0.15) is 11.6 Å². The lowest BCUT2D eigenvalue weighted by Crippen LogP contribution is -2.58. The first kappa shape index (κ1) is 27.9. The lowest BCUT2D eigenvalue weighted by Gasteiger charge is -2.55. The summed E-state index contributed by atoms with van der Waals surface area (Å²) in [5.41, 5.74) is 1.83. The molecule has 3 aliphatic rings. The van der Waals surface area contributed by atoms with Crippen molar-refractivity contribution < 1.29 is 29.0 Å². The third-order valence-corrected chi connectivity index (χ3v) is 8.52. The van der Waals surface area contributed by atoms with Crippen molar-refractivity contribution in [2.45, 2.75) is 78.9 Å². The molecule has 8 nitrogen and oxygen atoms in total. The Morgan fingerprint density at radius 1 is 0.974 bits per heavy atom. The number of fused-ring (bicyclic) bond motifs is 1. The Labute approximate surface area is 225 Å². The Kier molecular flexibility index (Phi) is 7.23. The number of nitrogens with zero attached hydrogens (tertiary/aromatic N) is 2. The standard InChI is InChI=1S/C30H40N2O6/c1-28(2,3)38-27(37)20-11-9-19(10-12-20)21-13-15-30(6)18-31(17-14-23(30)29(21,4)5)24(33)25(34)32-16-7-8-22(32)26(35)36/h9-13,22-23H,7-8,14-18H2,1-6H3,(H,35,36)/t22-,23-,30+/m0/s1. The number of carboxylic acid groups (broad SMARTS) is 1. The van der Waals surface area contributed by atoms with Crippen LogP contribution < -0.4 is 0 Å². The normalized spacial score (nSPS) is 26.8. The predicted molar refractivity (Wildman–Crippen MR) is 143 cm³/mol. The second kappa shape index (κ2) is 9.86. The van der Waals surface area contributed by atoms with Gasteiger partial charge in [0, 0.05) is 19.6 Å². The molecular weight excluding hydrogens is 484 g/mol. The fraction of sp³-hybridized carbons (Fsp3) is 0.600. The van der Waals surface area contributed by atoms with Crippen LogP contribution in [0.1, 0.15) is 83.1 Å². The van der Waals surface area contributed by atoms with Crippen molar-refractivity contribution in [2.75, 3.05) is 19.6 Å². The molecule has 0 saturated carbocycles. The van der Waals surface area contributed by atoms with E-state index < -0.39 is 29.4 Å². The number of hydrogen-bond acceptors (Lipinski definition) is 5. The van der Waals surface area contributed by atoms with Crippen LogP contribution in [0.15, 0.2) is 30.3 Å². The van der Waals surface area contributed by atoms with E-state index in [-0.39, 0.29) is 22.7 Å². The number of hydrogen-bond donors (Lipinski definition) is 1. The zero-order valence-corrected chi connectivity index (χ0v) is 23.4. The molecule has 38 heavy (non-hydrogen) atoms. The van der Waals surface area contributed by atoms with Crippen LogP contribution in [-0.2, 0) is 19.1 Å². The van der Waals surface area contributed by atoms with Crippen LogP contribution in [0, 0.1) is 16.7 Å². The third kappa shape index (κ3) is 5.22. The van der Waals surface area contributed by atoms with Crippen molar-refractivity contribution in [1.29, 1.82) is 0 Å². The van der Waals surface area contributed by atoms with Gasteiger partial charge in [0.05, 0.1) is 5.56 Å². The van der Waals surface area contributed by atoms with E-state index in [9.17, 15) is 24.3 Å². The quantitative estimate of drug-likeness (QED) is 0.465. The van der Waals surface area contributed by atoms with Crippen molar-refractivity contribution in [1.82, 2.24) is 9.80 Å². The van der Waals surface area contributed by atoms with Crippen LogP contribution in [0.2, 0.25) is 0 Å². The molecule has 2 fully saturated rings. The smallest absolute Gasteiger partial charge is 0.338 e.